The minimum atomic E-state index is -4.09. The molecule has 0 aliphatic rings. The molecule has 0 atom stereocenters. The van der Waals surface area contributed by atoms with Crippen LogP contribution in [0, 0.1) is 6.92 Å². The summed E-state index contributed by atoms with van der Waals surface area (Å²) in [6.07, 6.45) is 0. The fourth-order valence-corrected chi connectivity index (χ4v) is 6.12. The van der Waals surface area contributed by atoms with Gasteiger partial charge in [-0.1, -0.05) is 6.07 Å². The first kappa shape index (κ1) is 24.1. The van der Waals surface area contributed by atoms with E-state index in [1.807, 2.05) is 0 Å². The highest BCUT2D eigenvalue weighted by atomic mass is 32.2. The lowest BCUT2D eigenvalue weighted by Gasteiger charge is -2.18. The molecule has 3 rings (SSSR count). The number of thiophene rings is 1. The first-order valence-electron chi connectivity index (χ1n) is 9.44. The predicted octanol–water partition coefficient (Wildman–Crippen LogP) is 3.67. The average molecular weight is 498 g/mol. The average Bonchev–Trinajstić information content (AvgIpc) is 3.30. The summed E-state index contributed by atoms with van der Waals surface area (Å²) in [7, 11) is -4.77. The van der Waals surface area contributed by atoms with Gasteiger partial charge in [0, 0.05) is 14.2 Å². The van der Waals surface area contributed by atoms with Crippen LogP contribution in [0.25, 0.3) is 0 Å². The maximum absolute atomic E-state index is 12.7. The molecule has 0 saturated carbocycles. The molecule has 0 amide bonds. The number of ether oxygens (including phenoxy) is 2. The lowest BCUT2D eigenvalue weighted by molar-refractivity contribution is 0.146. The van der Waals surface area contributed by atoms with Crippen LogP contribution in [0.1, 0.15) is 5.56 Å². The number of benzene rings is 2. The van der Waals surface area contributed by atoms with Gasteiger partial charge in [0.1, 0.15) is 27.2 Å². The smallest absolute Gasteiger partial charge is 0.339 e. The number of methoxy groups -OCH3 is 1. The molecule has 0 saturated heterocycles. The number of rotatable bonds is 10. The molecule has 0 fully saturated rings. The molecule has 32 heavy (non-hydrogen) atoms. The third-order valence-corrected chi connectivity index (χ3v) is 8.90. The summed E-state index contributed by atoms with van der Waals surface area (Å²) in [5.41, 5.74) is 1.01. The van der Waals surface area contributed by atoms with Gasteiger partial charge in [0.15, 0.2) is 0 Å². The van der Waals surface area contributed by atoms with Gasteiger partial charge in [-0.15, -0.1) is 11.3 Å². The quantitative estimate of drug-likeness (QED) is 0.311. The van der Waals surface area contributed by atoms with E-state index in [0.29, 0.717) is 30.2 Å². The summed E-state index contributed by atoms with van der Waals surface area (Å²) in [5.74, 6) is 0.620. The molecule has 11 heteroatoms. The number of sulfonamides is 1. The SMILES string of the molecule is COCCOc1ccc(S(=O)(=O)Oc2ccc(N(C)S(=O)(=O)c3cccs3)cc2)cc1C. The maximum Gasteiger partial charge on any atom is 0.339 e. The van der Waals surface area contributed by atoms with Crippen molar-refractivity contribution in [2.24, 2.45) is 0 Å². The Morgan fingerprint density at radius 2 is 1.69 bits per heavy atom. The predicted molar refractivity (Wildman–Crippen MR) is 123 cm³/mol. The molecule has 8 nitrogen and oxygen atoms in total. The Morgan fingerprint density at radius 3 is 2.28 bits per heavy atom. The standard InChI is InChI=1S/C21H23NO7S3/c1-16-15-19(10-11-20(16)28-13-12-27-3)32(25,26)29-18-8-6-17(7-9-18)22(2)31(23,24)21-5-4-14-30-21/h4-11,14-15H,12-13H2,1-3H3. The zero-order valence-electron chi connectivity index (χ0n) is 17.7. The zero-order chi connectivity index (χ0) is 23.4. The number of hydrogen-bond donors (Lipinski definition) is 0. The van der Waals surface area contributed by atoms with Crippen LogP contribution in [0.15, 0.2) is 69.1 Å². The van der Waals surface area contributed by atoms with E-state index in [4.69, 9.17) is 13.7 Å². The summed E-state index contributed by atoms with van der Waals surface area (Å²) in [6, 6.07) is 13.4. The molecule has 2 aromatic carbocycles. The van der Waals surface area contributed by atoms with Gasteiger partial charge in [0.25, 0.3) is 10.0 Å². The summed E-state index contributed by atoms with van der Waals surface area (Å²) in [5, 5.41) is 1.68. The van der Waals surface area contributed by atoms with Gasteiger partial charge in [-0.2, -0.15) is 8.42 Å². The van der Waals surface area contributed by atoms with E-state index in [1.165, 1.54) is 49.5 Å². The van der Waals surface area contributed by atoms with Gasteiger partial charge in [0.2, 0.25) is 0 Å². The summed E-state index contributed by atoms with van der Waals surface area (Å²) in [6.45, 7) is 2.51. The Morgan fingerprint density at radius 1 is 0.969 bits per heavy atom. The van der Waals surface area contributed by atoms with E-state index in [1.54, 1.807) is 31.5 Å². The van der Waals surface area contributed by atoms with Crippen molar-refractivity contribution in [3.05, 3.63) is 65.5 Å². The maximum atomic E-state index is 12.7. The van der Waals surface area contributed by atoms with Gasteiger partial charge < -0.3 is 13.7 Å². The van der Waals surface area contributed by atoms with E-state index >= 15 is 0 Å². The highest BCUT2D eigenvalue weighted by Gasteiger charge is 2.23. The van der Waals surface area contributed by atoms with E-state index in [-0.39, 0.29) is 14.9 Å². The van der Waals surface area contributed by atoms with Crippen molar-refractivity contribution in [3.8, 4) is 11.5 Å². The van der Waals surface area contributed by atoms with Gasteiger partial charge >= 0.3 is 10.1 Å². The van der Waals surface area contributed by atoms with Crippen LogP contribution < -0.4 is 13.2 Å². The number of aryl methyl sites for hydroxylation is 1. The van der Waals surface area contributed by atoms with E-state index in [9.17, 15) is 16.8 Å². The Bertz CT molecular complexity index is 1250. The monoisotopic (exact) mass is 497 g/mol. The molecule has 0 aliphatic carbocycles. The molecule has 0 N–H and O–H groups in total. The van der Waals surface area contributed by atoms with Gasteiger partial charge in [0.05, 0.1) is 12.3 Å². The Hall–Kier alpha value is -2.60. The first-order chi connectivity index (χ1) is 15.1. The molecular weight excluding hydrogens is 474 g/mol. The topological polar surface area (TPSA) is 99.2 Å². The lowest BCUT2D eigenvalue weighted by Crippen LogP contribution is -2.25. The van der Waals surface area contributed by atoms with E-state index in [0.717, 1.165) is 15.6 Å². The molecule has 0 unspecified atom stereocenters. The fourth-order valence-electron chi connectivity index (χ4n) is 2.74. The molecule has 0 aliphatic heterocycles. The fraction of sp³-hybridized carbons (Fsp3) is 0.238. The highest BCUT2D eigenvalue weighted by molar-refractivity contribution is 7.94. The number of hydrogen-bond acceptors (Lipinski definition) is 8. The van der Waals surface area contributed by atoms with Crippen LogP contribution in [0.3, 0.4) is 0 Å². The molecule has 172 valence electrons. The molecule has 1 heterocycles. The van der Waals surface area contributed by atoms with E-state index < -0.39 is 20.1 Å². The Balaban J connectivity index is 1.74. The lowest BCUT2D eigenvalue weighted by atomic mass is 10.2. The van der Waals surface area contributed by atoms with Crippen molar-refractivity contribution in [1.29, 1.82) is 0 Å². The van der Waals surface area contributed by atoms with Crippen molar-refractivity contribution in [1.82, 2.24) is 0 Å². The second-order valence-electron chi connectivity index (χ2n) is 6.70. The van der Waals surface area contributed by atoms with Crippen LogP contribution >= 0.6 is 11.3 Å². The second kappa shape index (κ2) is 9.90. The Kier molecular flexibility index (Phi) is 7.44. The van der Waals surface area contributed by atoms with Crippen molar-refractivity contribution >= 4 is 37.2 Å². The molecule has 0 radical (unpaired) electrons. The van der Waals surface area contributed by atoms with Crippen molar-refractivity contribution in [2.75, 3.05) is 31.7 Å². The molecular formula is C21H23NO7S3. The van der Waals surface area contributed by atoms with Crippen molar-refractivity contribution < 1.29 is 30.5 Å². The molecule has 0 spiro atoms. The van der Waals surface area contributed by atoms with Crippen molar-refractivity contribution in [2.45, 2.75) is 16.0 Å². The van der Waals surface area contributed by atoms with Crippen LogP contribution in [0.4, 0.5) is 5.69 Å². The van der Waals surface area contributed by atoms with Crippen molar-refractivity contribution in [3.63, 3.8) is 0 Å². The van der Waals surface area contributed by atoms with Gasteiger partial charge in [-0.25, -0.2) is 8.42 Å². The van der Waals surface area contributed by atoms with Crippen LogP contribution in [0.5, 0.6) is 11.5 Å². The summed E-state index contributed by atoms with van der Waals surface area (Å²) in [4.78, 5) is -0.0180. The Labute approximate surface area is 192 Å². The summed E-state index contributed by atoms with van der Waals surface area (Å²) >= 11 is 1.12. The number of anilines is 1. The van der Waals surface area contributed by atoms with Crippen LogP contribution in [0.2, 0.25) is 0 Å². The van der Waals surface area contributed by atoms with Gasteiger partial charge in [-0.3, -0.25) is 4.31 Å². The summed E-state index contributed by atoms with van der Waals surface area (Å²) < 4.78 is 67.6. The molecule has 3 aromatic rings. The third-order valence-electron chi connectivity index (χ3n) is 4.50. The molecule has 1 aromatic heterocycles. The third kappa shape index (κ3) is 5.41. The van der Waals surface area contributed by atoms with Crippen LogP contribution in [-0.4, -0.2) is 44.2 Å². The van der Waals surface area contributed by atoms with Gasteiger partial charge in [-0.05, 0) is 66.4 Å². The zero-order valence-corrected chi connectivity index (χ0v) is 20.2. The van der Waals surface area contributed by atoms with Crippen LogP contribution in [-0.2, 0) is 24.9 Å². The minimum Gasteiger partial charge on any atom is -0.491 e. The second-order valence-corrected chi connectivity index (χ2v) is 11.4. The largest absolute Gasteiger partial charge is 0.491 e. The highest BCUT2D eigenvalue weighted by Crippen LogP contribution is 2.28. The minimum absolute atomic E-state index is 0.0180. The first-order valence-corrected chi connectivity index (χ1v) is 13.2. The number of nitrogens with zero attached hydrogens (tertiary/aromatic N) is 1. The normalized spacial score (nSPS) is 11.8. The molecule has 0 bridgehead atoms. The van der Waals surface area contributed by atoms with E-state index in [2.05, 4.69) is 0 Å².